The number of esters is 1. The maximum absolute atomic E-state index is 10.7. The molecule has 0 heterocycles. The third-order valence-electron chi connectivity index (χ3n) is 1.40. The number of aliphatic carboxylic acids is 1. The normalized spacial score (nSPS) is 14.9. The topological polar surface area (TPSA) is 89.6 Å². The molecule has 5 heteroatoms. The first-order chi connectivity index (χ1) is 5.49. The first-order valence-corrected chi connectivity index (χ1v) is 3.67. The van der Waals surface area contributed by atoms with Crippen molar-refractivity contribution in [3.05, 3.63) is 0 Å². The van der Waals surface area contributed by atoms with Crippen molar-refractivity contribution in [2.45, 2.75) is 32.4 Å². The molecular weight excluding hydrogens is 162 g/mol. The van der Waals surface area contributed by atoms with Crippen molar-refractivity contribution >= 4 is 11.9 Å². The van der Waals surface area contributed by atoms with Crippen LogP contribution in [0, 0.1) is 0 Å². The zero-order valence-electron chi connectivity index (χ0n) is 7.11. The molecule has 0 saturated carbocycles. The lowest BCUT2D eigenvalue weighted by molar-refractivity contribution is -0.153. The summed E-state index contributed by atoms with van der Waals surface area (Å²) in [5.41, 5.74) is 5.19. The van der Waals surface area contributed by atoms with Crippen LogP contribution in [-0.2, 0) is 14.3 Å². The van der Waals surface area contributed by atoms with Gasteiger partial charge in [0.25, 0.3) is 0 Å². The minimum absolute atomic E-state index is 0.219. The highest BCUT2D eigenvalue weighted by molar-refractivity contribution is 5.75. The third kappa shape index (κ3) is 3.34. The largest absolute Gasteiger partial charge is 0.480 e. The van der Waals surface area contributed by atoms with E-state index in [1.165, 1.54) is 6.92 Å². The van der Waals surface area contributed by atoms with Crippen LogP contribution < -0.4 is 5.73 Å². The van der Waals surface area contributed by atoms with E-state index in [4.69, 9.17) is 10.8 Å². The summed E-state index contributed by atoms with van der Waals surface area (Å²) in [4.78, 5) is 21.0. The first-order valence-electron chi connectivity index (χ1n) is 3.67. The molecule has 0 aromatic carbocycles. The van der Waals surface area contributed by atoms with Gasteiger partial charge in [0.15, 0.2) is 0 Å². The maximum Gasteiger partial charge on any atom is 0.324 e. The highest BCUT2D eigenvalue weighted by Gasteiger charge is 2.22. The lowest BCUT2D eigenvalue weighted by Gasteiger charge is -2.15. The van der Waals surface area contributed by atoms with Gasteiger partial charge in [0.2, 0.25) is 0 Å². The van der Waals surface area contributed by atoms with Gasteiger partial charge >= 0.3 is 11.9 Å². The summed E-state index contributed by atoms with van der Waals surface area (Å²) in [5.74, 6) is -1.62. The summed E-state index contributed by atoms with van der Waals surface area (Å²) in [6, 6.07) is -1.15. The number of hydrogen-bond donors (Lipinski definition) is 2. The molecule has 0 spiro atoms. The van der Waals surface area contributed by atoms with E-state index in [1.54, 1.807) is 6.92 Å². The Morgan fingerprint density at radius 3 is 2.42 bits per heavy atom. The molecule has 0 bridgehead atoms. The van der Waals surface area contributed by atoms with Crippen LogP contribution in [0.15, 0.2) is 0 Å². The predicted octanol–water partition coefficient (Wildman–Crippen LogP) is -0.260. The van der Waals surface area contributed by atoms with Gasteiger partial charge in [0.1, 0.15) is 12.1 Å². The summed E-state index contributed by atoms with van der Waals surface area (Å²) >= 11 is 0. The van der Waals surface area contributed by atoms with Gasteiger partial charge in [0, 0.05) is 6.42 Å². The van der Waals surface area contributed by atoms with Gasteiger partial charge in [-0.1, -0.05) is 6.92 Å². The number of hydrogen-bond acceptors (Lipinski definition) is 4. The number of carboxylic acids is 1. The SMILES string of the molecule is CCC(=O)OC(C)C(N)C(=O)O. The lowest BCUT2D eigenvalue weighted by Crippen LogP contribution is -2.42. The van der Waals surface area contributed by atoms with Crippen LogP contribution in [0.3, 0.4) is 0 Å². The number of nitrogens with two attached hydrogens (primary N) is 1. The molecule has 0 fully saturated rings. The Kier molecular flexibility index (Phi) is 4.28. The number of rotatable bonds is 4. The molecule has 12 heavy (non-hydrogen) atoms. The average molecular weight is 175 g/mol. The molecule has 0 aliphatic rings. The quantitative estimate of drug-likeness (QED) is 0.574. The molecular formula is C7H13NO4. The monoisotopic (exact) mass is 175 g/mol. The Morgan fingerprint density at radius 1 is 1.58 bits per heavy atom. The molecule has 0 amide bonds. The second-order valence-corrected chi connectivity index (χ2v) is 2.41. The van der Waals surface area contributed by atoms with Crippen molar-refractivity contribution in [3.8, 4) is 0 Å². The standard InChI is InChI=1S/C7H13NO4/c1-3-5(9)12-4(2)6(8)7(10)11/h4,6H,3,8H2,1-2H3,(H,10,11). The van der Waals surface area contributed by atoms with E-state index in [0.29, 0.717) is 0 Å². The number of ether oxygens (including phenoxy) is 1. The first kappa shape index (κ1) is 10.9. The van der Waals surface area contributed by atoms with Crippen molar-refractivity contribution in [3.63, 3.8) is 0 Å². The highest BCUT2D eigenvalue weighted by atomic mass is 16.5. The summed E-state index contributed by atoms with van der Waals surface area (Å²) < 4.78 is 4.68. The van der Waals surface area contributed by atoms with Crippen LogP contribution in [0.4, 0.5) is 0 Å². The fraction of sp³-hybridized carbons (Fsp3) is 0.714. The summed E-state index contributed by atoms with van der Waals surface area (Å²) in [6.45, 7) is 3.08. The summed E-state index contributed by atoms with van der Waals surface area (Å²) in [7, 11) is 0. The van der Waals surface area contributed by atoms with Gasteiger partial charge in [-0.2, -0.15) is 0 Å². The molecule has 70 valence electrons. The van der Waals surface area contributed by atoms with Gasteiger partial charge in [-0.15, -0.1) is 0 Å². The Bertz CT molecular complexity index is 180. The zero-order valence-corrected chi connectivity index (χ0v) is 7.11. The molecule has 0 aromatic heterocycles. The molecule has 0 saturated heterocycles. The number of carbonyl (C=O) groups excluding carboxylic acids is 1. The van der Waals surface area contributed by atoms with Gasteiger partial charge < -0.3 is 15.6 Å². The second-order valence-electron chi connectivity index (χ2n) is 2.41. The second kappa shape index (κ2) is 4.71. The van der Waals surface area contributed by atoms with Crippen LogP contribution >= 0.6 is 0 Å². The molecule has 0 aliphatic heterocycles. The van der Waals surface area contributed by atoms with E-state index in [2.05, 4.69) is 4.74 Å². The fourth-order valence-corrected chi connectivity index (χ4v) is 0.565. The summed E-state index contributed by atoms with van der Waals surface area (Å²) in [5, 5.41) is 8.42. The molecule has 0 aromatic rings. The number of carbonyl (C=O) groups is 2. The van der Waals surface area contributed by atoms with Crippen LogP contribution in [0.5, 0.6) is 0 Å². The van der Waals surface area contributed by atoms with Gasteiger partial charge in [-0.3, -0.25) is 9.59 Å². The van der Waals surface area contributed by atoms with Crippen LogP contribution in [0.2, 0.25) is 0 Å². The molecule has 2 atom stereocenters. The minimum atomic E-state index is -1.17. The summed E-state index contributed by atoms with van der Waals surface area (Å²) in [6.07, 6.45) is -0.564. The fourth-order valence-electron chi connectivity index (χ4n) is 0.565. The molecule has 2 unspecified atom stereocenters. The van der Waals surface area contributed by atoms with E-state index in [0.717, 1.165) is 0 Å². The molecule has 0 aliphatic carbocycles. The smallest absolute Gasteiger partial charge is 0.324 e. The molecule has 0 rings (SSSR count). The zero-order chi connectivity index (χ0) is 9.72. The molecule has 5 nitrogen and oxygen atoms in total. The van der Waals surface area contributed by atoms with Gasteiger partial charge in [0.05, 0.1) is 0 Å². The van der Waals surface area contributed by atoms with Crippen LogP contribution in [-0.4, -0.2) is 29.2 Å². The lowest BCUT2D eigenvalue weighted by atomic mass is 10.2. The van der Waals surface area contributed by atoms with E-state index in [9.17, 15) is 9.59 Å². The van der Waals surface area contributed by atoms with E-state index in [1.807, 2.05) is 0 Å². The van der Waals surface area contributed by atoms with E-state index in [-0.39, 0.29) is 6.42 Å². The van der Waals surface area contributed by atoms with Crippen molar-refractivity contribution in [1.82, 2.24) is 0 Å². The predicted molar refractivity (Wildman–Crippen MR) is 41.5 cm³/mol. The van der Waals surface area contributed by atoms with Crippen molar-refractivity contribution in [2.75, 3.05) is 0 Å². The Balaban J connectivity index is 3.94. The maximum atomic E-state index is 10.7. The number of carboxylic acid groups (broad SMARTS) is 1. The van der Waals surface area contributed by atoms with Crippen molar-refractivity contribution in [2.24, 2.45) is 5.73 Å². The van der Waals surface area contributed by atoms with Gasteiger partial charge in [-0.05, 0) is 6.92 Å². The molecule has 3 N–H and O–H groups in total. The third-order valence-corrected chi connectivity index (χ3v) is 1.40. The van der Waals surface area contributed by atoms with E-state index < -0.39 is 24.1 Å². The Hall–Kier alpha value is -1.10. The van der Waals surface area contributed by atoms with E-state index >= 15 is 0 Å². The Morgan fingerprint density at radius 2 is 2.08 bits per heavy atom. The van der Waals surface area contributed by atoms with Gasteiger partial charge in [-0.25, -0.2) is 0 Å². The Labute approximate surface area is 70.5 Å². The average Bonchev–Trinajstić information content (AvgIpc) is 2.02. The van der Waals surface area contributed by atoms with Crippen molar-refractivity contribution < 1.29 is 19.4 Å². The highest BCUT2D eigenvalue weighted by Crippen LogP contribution is 1.98. The van der Waals surface area contributed by atoms with Crippen LogP contribution in [0.1, 0.15) is 20.3 Å². The minimum Gasteiger partial charge on any atom is -0.480 e. The van der Waals surface area contributed by atoms with Crippen LogP contribution in [0.25, 0.3) is 0 Å². The van der Waals surface area contributed by atoms with Crippen molar-refractivity contribution in [1.29, 1.82) is 0 Å². The molecule has 0 radical (unpaired) electrons.